The molecule has 0 fully saturated rings. The van der Waals surface area contributed by atoms with E-state index in [1.165, 1.54) is 9.80 Å². The molecule has 1 atom stereocenters. The third-order valence-electron chi connectivity index (χ3n) is 8.31. The number of ether oxygens (including phenoxy) is 1. The molecule has 0 saturated heterocycles. The fraction of sp³-hybridized carbons (Fsp3) is 0.344. The standard InChI is InChI=1S/C32H34N4O9/c1-31(2)23-9-5-6-10-24(23)36(12-11-34(15-25(37)38)16-26(39)40)32(31)19-33-29-22-8-4-3-7-20(22)13-21(30(29)45-32)14-35(17-27(41)42)18-28(43)44/h3-10,13,19H,11-12,14-18H2,1-2H3,(H,37,38)(H,39,40)(H,41,42)(H,43,44). The van der Waals surface area contributed by atoms with Crippen LogP contribution in [0.15, 0.2) is 59.6 Å². The molecule has 5 rings (SSSR count). The Balaban J connectivity index is 1.62. The SMILES string of the molecule is CC1(C)c2ccccc2N(CCN(CC(=O)O)CC(=O)O)C12C=Nc1c(c(CN(CC(=O)O)CC(=O)O)cc3ccccc13)O2. The summed E-state index contributed by atoms with van der Waals surface area (Å²) in [5.74, 6) is -4.28. The minimum absolute atomic E-state index is 0.0459. The van der Waals surface area contributed by atoms with E-state index in [-0.39, 0.29) is 19.6 Å². The Bertz CT molecular complexity index is 1670. The van der Waals surface area contributed by atoms with Crippen molar-refractivity contribution in [3.8, 4) is 5.75 Å². The summed E-state index contributed by atoms with van der Waals surface area (Å²) < 4.78 is 7.04. The first-order valence-electron chi connectivity index (χ1n) is 14.3. The van der Waals surface area contributed by atoms with Gasteiger partial charge in [-0.05, 0) is 36.9 Å². The van der Waals surface area contributed by atoms with E-state index in [2.05, 4.69) is 0 Å². The Morgan fingerprint density at radius 1 is 0.822 bits per heavy atom. The van der Waals surface area contributed by atoms with Crippen LogP contribution >= 0.6 is 0 Å². The highest BCUT2D eigenvalue weighted by molar-refractivity contribution is 6.01. The lowest BCUT2D eigenvalue weighted by Crippen LogP contribution is -2.63. The van der Waals surface area contributed by atoms with E-state index in [1.807, 2.05) is 73.3 Å². The van der Waals surface area contributed by atoms with Crippen LogP contribution in [0.1, 0.15) is 25.0 Å². The van der Waals surface area contributed by atoms with E-state index < -0.39 is 61.2 Å². The van der Waals surface area contributed by atoms with Gasteiger partial charge < -0.3 is 30.1 Å². The molecule has 2 heterocycles. The summed E-state index contributed by atoms with van der Waals surface area (Å²) in [6.07, 6.45) is 1.72. The van der Waals surface area contributed by atoms with Crippen LogP contribution in [0.3, 0.4) is 0 Å². The first-order chi connectivity index (χ1) is 21.3. The van der Waals surface area contributed by atoms with Crippen molar-refractivity contribution in [1.82, 2.24) is 9.80 Å². The van der Waals surface area contributed by atoms with Gasteiger partial charge in [-0.15, -0.1) is 0 Å². The Morgan fingerprint density at radius 2 is 1.40 bits per heavy atom. The normalized spacial score (nSPS) is 17.8. The molecule has 0 aliphatic carbocycles. The minimum Gasteiger partial charge on any atom is -0.480 e. The Hall–Kier alpha value is -5.01. The molecule has 0 amide bonds. The predicted octanol–water partition coefficient (Wildman–Crippen LogP) is 2.87. The van der Waals surface area contributed by atoms with Crippen LogP contribution in [0, 0.1) is 0 Å². The maximum atomic E-state index is 11.6. The van der Waals surface area contributed by atoms with Gasteiger partial charge >= 0.3 is 23.9 Å². The molecule has 1 spiro atoms. The molecule has 0 saturated carbocycles. The number of aliphatic imine (C=N–C) groups is 1. The average Bonchev–Trinajstić information content (AvgIpc) is 3.13. The molecule has 236 valence electrons. The van der Waals surface area contributed by atoms with Crippen molar-refractivity contribution in [2.24, 2.45) is 4.99 Å². The number of para-hydroxylation sites is 1. The number of nitrogens with zero attached hydrogens (tertiary/aromatic N) is 4. The molecule has 0 radical (unpaired) electrons. The number of fused-ring (bicyclic) bond motifs is 4. The molecule has 3 aromatic rings. The van der Waals surface area contributed by atoms with Crippen molar-refractivity contribution in [3.63, 3.8) is 0 Å². The lowest BCUT2D eigenvalue weighted by atomic mass is 9.77. The van der Waals surface area contributed by atoms with Crippen LogP contribution in [-0.2, 0) is 31.1 Å². The first kappa shape index (κ1) is 31.4. The summed E-state index contributed by atoms with van der Waals surface area (Å²) in [6.45, 7) is 2.29. The number of carboxylic acid groups (broad SMARTS) is 4. The number of aliphatic carboxylic acids is 4. The average molecular weight is 619 g/mol. The molecular weight excluding hydrogens is 584 g/mol. The predicted molar refractivity (Wildman–Crippen MR) is 165 cm³/mol. The quantitative estimate of drug-likeness (QED) is 0.220. The van der Waals surface area contributed by atoms with E-state index in [1.54, 1.807) is 6.21 Å². The third-order valence-corrected chi connectivity index (χ3v) is 8.31. The largest absolute Gasteiger partial charge is 0.480 e. The highest BCUT2D eigenvalue weighted by atomic mass is 16.5. The monoisotopic (exact) mass is 618 g/mol. The smallest absolute Gasteiger partial charge is 0.317 e. The molecular formula is C32H34N4O9. The van der Waals surface area contributed by atoms with Crippen LogP contribution in [0.2, 0.25) is 0 Å². The third kappa shape index (κ3) is 6.04. The van der Waals surface area contributed by atoms with Gasteiger partial charge in [-0.3, -0.25) is 34.0 Å². The summed E-state index contributed by atoms with van der Waals surface area (Å²) >= 11 is 0. The van der Waals surface area contributed by atoms with Crippen molar-refractivity contribution in [3.05, 3.63) is 65.7 Å². The van der Waals surface area contributed by atoms with Crippen molar-refractivity contribution >= 4 is 52.2 Å². The van der Waals surface area contributed by atoms with Crippen LogP contribution in [0.4, 0.5) is 11.4 Å². The van der Waals surface area contributed by atoms with Crippen LogP contribution in [0.5, 0.6) is 5.75 Å². The Labute approximate surface area is 258 Å². The summed E-state index contributed by atoms with van der Waals surface area (Å²) in [5, 5.41) is 39.4. The summed E-state index contributed by atoms with van der Waals surface area (Å²) in [6, 6.07) is 17.0. The molecule has 13 heteroatoms. The molecule has 2 aliphatic rings. The molecule has 0 bridgehead atoms. The van der Waals surface area contributed by atoms with Gasteiger partial charge in [-0.25, -0.2) is 0 Å². The molecule has 1 unspecified atom stereocenters. The van der Waals surface area contributed by atoms with Crippen molar-refractivity contribution in [2.75, 3.05) is 44.2 Å². The number of hydrogen-bond donors (Lipinski definition) is 4. The van der Waals surface area contributed by atoms with Gasteiger partial charge in [-0.2, -0.15) is 0 Å². The van der Waals surface area contributed by atoms with Gasteiger partial charge in [0, 0.05) is 36.3 Å². The summed E-state index contributed by atoms with van der Waals surface area (Å²) in [4.78, 5) is 55.8. The van der Waals surface area contributed by atoms with Gasteiger partial charge in [0.1, 0.15) is 5.69 Å². The number of benzene rings is 3. The van der Waals surface area contributed by atoms with Crippen LogP contribution in [-0.4, -0.2) is 105 Å². The van der Waals surface area contributed by atoms with Crippen LogP contribution in [0.25, 0.3) is 10.8 Å². The van der Waals surface area contributed by atoms with Gasteiger partial charge in [0.15, 0.2) is 5.75 Å². The van der Waals surface area contributed by atoms with E-state index in [9.17, 15) is 39.6 Å². The van der Waals surface area contributed by atoms with E-state index in [0.29, 0.717) is 17.0 Å². The maximum absolute atomic E-state index is 11.6. The van der Waals surface area contributed by atoms with Gasteiger partial charge in [-0.1, -0.05) is 42.5 Å². The van der Waals surface area contributed by atoms with Crippen molar-refractivity contribution in [1.29, 1.82) is 0 Å². The van der Waals surface area contributed by atoms with Gasteiger partial charge in [0.05, 0.1) is 37.8 Å². The fourth-order valence-electron chi connectivity index (χ4n) is 6.34. The van der Waals surface area contributed by atoms with Crippen molar-refractivity contribution < 1.29 is 44.3 Å². The van der Waals surface area contributed by atoms with E-state index in [0.717, 1.165) is 22.0 Å². The summed E-state index contributed by atoms with van der Waals surface area (Å²) in [5.41, 5.74) is 0.813. The van der Waals surface area contributed by atoms with Crippen LogP contribution < -0.4 is 9.64 Å². The molecule has 3 aromatic carbocycles. The number of carbonyl (C=O) groups is 4. The van der Waals surface area contributed by atoms with E-state index in [4.69, 9.17) is 9.73 Å². The number of rotatable bonds is 13. The van der Waals surface area contributed by atoms with E-state index >= 15 is 0 Å². The highest BCUT2D eigenvalue weighted by Gasteiger charge is 2.60. The zero-order chi connectivity index (χ0) is 32.5. The first-order valence-corrected chi connectivity index (χ1v) is 14.3. The lowest BCUT2D eigenvalue weighted by molar-refractivity contribution is -0.143. The second-order valence-corrected chi connectivity index (χ2v) is 11.7. The van der Waals surface area contributed by atoms with Gasteiger partial charge in [0.2, 0.25) is 5.72 Å². The molecule has 45 heavy (non-hydrogen) atoms. The minimum atomic E-state index is -1.26. The molecule has 4 N–H and O–H groups in total. The second-order valence-electron chi connectivity index (χ2n) is 11.7. The lowest BCUT2D eigenvalue weighted by Gasteiger charge is -2.47. The number of hydrogen-bond acceptors (Lipinski definition) is 9. The maximum Gasteiger partial charge on any atom is 0.317 e. The topological polar surface area (TPSA) is 181 Å². The Kier molecular flexibility index (Phi) is 8.50. The molecule has 2 aliphatic heterocycles. The second kappa shape index (κ2) is 12.2. The molecule has 13 nitrogen and oxygen atoms in total. The molecule has 0 aromatic heterocycles. The fourth-order valence-corrected chi connectivity index (χ4v) is 6.34. The Morgan fingerprint density at radius 3 is 2.04 bits per heavy atom. The zero-order valence-corrected chi connectivity index (χ0v) is 24.8. The highest BCUT2D eigenvalue weighted by Crippen LogP contribution is 2.55. The number of carboxylic acids is 4. The summed E-state index contributed by atoms with van der Waals surface area (Å²) in [7, 11) is 0. The van der Waals surface area contributed by atoms with Crippen molar-refractivity contribution in [2.45, 2.75) is 31.5 Å². The zero-order valence-electron chi connectivity index (χ0n) is 24.8. The van der Waals surface area contributed by atoms with Gasteiger partial charge in [0.25, 0.3) is 0 Å². The number of anilines is 1.